The van der Waals surface area contributed by atoms with E-state index in [-0.39, 0.29) is 11.9 Å². The van der Waals surface area contributed by atoms with Gasteiger partial charge in [-0.2, -0.15) is 0 Å². The van der Waals surface area contributed by atoms with E-state index >= 15 is 0 Å². The van der Waals surface area contributed by atoms with Gasteiger partial charge in [0.05, 0.1) is 19.3 Å². The van der Waals surface area contributed by atoms with Crippen molar-refractivity contribution in [2.24, 2.45) is 0 Å². The van der Waals surface area contributed by atoms with Crippen LogP contribution in [-0.2, 0) is 0 Å². The minimum Gasteiger partial charge on any atom is -0.495 e. The molecule has 2 aromatic rings. The molecule has 1 N–H and O–H groups in total. The van der Waals surface area contributed by atoms with Gasteiger partial charge in [0.25, 0.3) is 0 Å². The molecule has 2 aromatic heterocycles. The van der Waals surface area contributed by atoms with Gasteiger partial charge in [0.15, 0.2) is 0 Å². The molecular formula is C13H14FN3O. The number of rotatable bonds is 4. The van der Waals surface area contributed by atoms with E-state index < -0.39 is 0 Å². The number of halogens is 1. The van der Waals surface area contributed by atoms with E-state index in [0.29, 0.717) is 17.0 Å². The molecular weight excluding hydrogens is 233 g/mol. The van der Waals surface area contributed by atoms with Gasteiger partial charge in [0.1, 0.15) is 17.3 Å². The van der Waals surface area contributed by atoms with Gasteiger partial charge >= 0.3 is 0 Å². The molecule has 0 aliphatic carbocycles. The first-order valence-corrected chi connectivity index (χ1v) is 5.53. The number of pyridine rings is 2. The quantitative estimate of drug-likeness (QED) is 0.896. The monoisotopic (exact) mass is 247 g/mol. The molecule has 4 nitrogen and oxygen atoms in total. The number of aromatic nitrogens is 2. The lowest BCUT2D eigenvalue weighted by Gasteiger charge is -2.18. The van der Waals surface area contributed by atoms with Gasteiger partial charge in [-0.3, -0.25) is 9.97 Å². The number of ether oxygens (including phenoxy) is 1. The SMILES string of the molecule is CNC(c1cncc(F)c1)c1ncccc1OC. The van der Waals surface area contributed by atoms with Gasteiger partial charge in [-0.1, -0.05) is 0 Å². The van der Waals surface area contributed by atoms with Crippen molar-refractivity contribution in [1.82, 2.24) is 15.3 Å². The van der Waals surface area contributed by atoms with E-state index in [2.05, 4.69) is 15.3 Å². The molecule has 1 atom stereocenters. The van der Waals surface area contributed by atoms with Crippen molar-refractivity contribution in [2.45, 2.75) is 6.04 Å². The lowest BCUT2D eigenvalue weighted by Crippen LogP contribution is -2.20. The zero-order valence-corrected chi connectivity index (χ0v) is 10.2. The summed E-state index contributed by atoms with van der Waals surface area (Å²) in [5, 5.41) is 3.09. The molecule has 2 heterocycles. The molecule has 0 aromatic carbocycles. The highest BCUT2D eigenvalue weighted by molar-refractivity contribution is 5.35. The van der Waals surface area contributed by atoms with E-state index in [1.165, 1.54) is 12.3 Å². The molecule has 0 aliphatic heterocycles. The Kier molecular flexibility index (Phi) is 3.84. The lowest BCUT2D eigenvalue weighted by atomic mass is 10.0. The van der Waals surface area contributed by atoms with E-state index in [1.807, 2.05) is 6.07 Å². The second-order valence-electron chi connectivity index (χ2n) is 3.75. The first-order valence-electron chi connectivity index (χ1n) is 5.53. The third-order valence-electron chi connectivity index (χ3n) is 2.64. The van der Waals surface area contributed by atoms with Crippen LogP contribution in [-0.4, -0.2) is 24.1 Å². The van der Waals surface area contributed by atoms with Crippen molar-refractivity contribution in [3.05, 3.63) is 53.9 Å². The summed E-state index contributed by atoms with van der Waals surface area (Å²) in [6.45, 7) is 0. The van der Waals surface area contributed by atoms with Crippen LogP contribution in [0, 0.1) is 5.82 Å². The molecule has 0 bridgehead atoms. The largest absolute Gasteiger partial charge is 0.495 e. The fourth-order valence-electron chi connectivity index (χ4n) is 1.84. The van der Waals surface area contributed by atoms with Crippen molar-refractivity contribution in [3.63, 3.8) is 0 Å². The molecule has 1 unspecified atom stereocenters. The second kappa shape index (κ2) is 5.55. The highest BCUT2D eigenvalue weighted by atomic mass is 19.1. The summed E-state index contributed by atoms with van der Waals surface area (Å²) in [6.07, 6.45) is 4.46. The Bertz CT molecular complexity index is 533. The first kappa shape index (κ1) is 12.4. The third kappa shape index (κ3) is 2.46. The Labute approximate surface area is 105 Å². The van der Waals surface area contributed by atoms with E-state index in [1.54, 1.807) is 32.6 Å². The van der Waals surface area contributed by atoms with Crippen LogP contribution < -0.4 is 10.1 Å². The van der Waals surface area contributed by atoms with Crippen LogP contribution in [0.4, 0.5) is 4.39 Å². The summed E-state index contributed by atoms with van der Waals surface area (Å²) in [4.78, 5) is 8.14. The Morgan fingerprint density at radius 1 is 1.39 bits per heavy atom. The number of nitrogens with one attached hydrogen (secondary N) is 1. The summed E-state index contributed by atoms with van der Waals surface area (Å²) < 4.78 is 18.5. The number of nitrogens with zero attached hydrogens (tertiary/aromatic N) is 2. The first-order chi connectivity index (χ1) is 8.76. The Balaban J connectivity index is 2.45. The zero-order chi connectivity index (χ0) is 13.0. The van der Waals surface area contributed by atoms with Gasteiger partial charge < -0.3 is 10.1 Å². The summed E-state index contributed by atoms with van der Waals surface area (Å²) in [6, 6.07) is 4.78. The van der Waals surface area contributed by atoms with Crippen LogP contribution >= 0.6 is 0 Å². The number of methoxy groups -OCH3 is 1. The second-order valence-corrected chi connectivity index (χ2v) is 3.75. The van der Waals surface area contributed by atoms with E-state index in [4.69, 9.17) is 4.74 Å². The molecule has 0 spiro atoms. The maximum Gasteiger partial charge on any atom is 0.142 e. The van der Waals surface area contributed by atoms with E-state index in [9.17, 15) is 4.39 Å². The average Bonchev–Trinajstić information content (AvgIpc) is 2.40. The summed E-state index contributed by atoms with van der Waals surface area (Å²) in [7, 11) is 3.36. The molecule has 94 valence electrons. The standard InChI is InChI=1S/C13H14FN3O/c1-15-12(9-6-10(14)8-16-7-9)13-11(18-2)4-3-5-17-13/h3-8,12,15H,1-2H3. The molecule has 18 heavy (non-hydrogen) atoms. The maximum absolute atomic E-state index is 13.2. The Hall–Kier alpha value is -2.01. The Morgan fingerprint density at radius 2 is 2.22 bits per heavy atom. The van der Waals surface area contributed by atoms with E-state index in [0.717, 1.165) is 0 Å². The van der Waals surface area contributed by atoms with Crippen LogP contribution in [0.5, 0.6) is 5.75 Å². The van der Waals surface area contributed by atoms with Gasteiger partial charge in [-0.05, 0) is 30.8 Å². The van der Waals surface area contributed by atoms with Crippen molar-refractivity contribution >= 4 is 0 Å². The van der Waals surface area contributed by atoms with Gasteiger partial charge in [-0.15, -0.1) is 0 Å². The van der Waals surface area contributed by atoms with Crippen LogP contribution in [0.2, 0.25) is 0 Å². The fraction of sp³-hybridized carbons (Fsp3) is 0.231. The molecule has 0 amide bonds. The predicted molar refractivity (Wildman–Crippen MR) is 65.9 cm³/mol. The molecule has 0 fully saturated rings. The number of hydrogen-bond donors (Lipinski definition) is 1. The summed E-state index contributed by atoms with van der Waals surface area (Å²) in [5.74, 6) is 0.281. The average molecular weight is 247 g/mol. The third-order valence-corrected chi connectivity index (χ3v) is 2.64. The molecule has 0 saturated carbocycles. The fourth-order valence-corrected chi connectivity index (χ4v) is 1.84. The van der Waals surface area contributed by atoms with Crippen molar-refractivity contribution in [1.29, 1.82) is 0 Å². The van der Waals surface area contributed by atoms with Crippen molar-refractivity contribution in [3.8, 4) is 5.75 Å². The molecule has 5 heteroatoms. The highest BCUT2D eigenvalue weighted by Crippen LogP contribution is 2.27. The van der Waals surface area contributed by atoms with Crippen LogP contribution in [0.1, 0.15) is 17.3 Å². The van der Waals surface area contributed by atoms with Gasteiger partial charge in [-0.25, -0.2) is 4.39 Å². The van der Waals surface area contributed by atoms with Gasteiger partial charge in [0, 0.05) is 12.4 Å². The maximum atomic E-state index is 13.2. The number of hydrogen-bond acceptors (Lipinski definition) is 4. The smallest absolute Gasteiger partial charge is 0.142 e. The topological polar surface area (TPSA) is 47.0 Å². The summed E-state index contributed by atoms with van der Waals surface area (Å²) in [5.41, 5.74) is 1.41. The minimum absolute atomic E-state index is 0.260. The molecule has 0 aliphatic rings. The molecule has 0 saturated heterocycles. The summed E-state index contributed by atoms with van der Waals surface area (Å²) >= 11 is 0. The zero-order valence-electron chi connectivity index (χ0n) is 10.2. The lowest BCUT2D eigenvalue weighted by molar-refractivity contribution is 0.401. The molecule has 2 rings (SSSR count). The van der Waals surface area contributed by atoms with Gasteiger partial charge in [0.2, 0.25) is 0 Å². The minimum atomic E-state index is -0.373. The normalized spacial score (nSPS) is 12.2. The van der Waals surface area contributed by atoms with Crippen LogP contribution in [0.15, 0.2) is 36.8 Å². The predicted octanol–water partition coefficient (Wildman–Crippen LogP) is 1.93. The molecule has 0 radical (unpaired) electrons. The van der Waals surface area contributed by atoms with Crippen molar-refractivity contribution < 1.29 is 9.13 Å². The Morgan fingerprint density at radius 3 is 2.89 bits per heavy atom. The van der Waals surface area contributed by atoms with Crippen LogP contribution in [0.25, 0.3) is 0 Å². The van der Waals surface area contributed by atoms with Crippen LogP contribution in [0.3, 0.4) is 0 Å². The van der Waals surface area contributed by atoms with Crippen molar-refractivity contribution in [2.75, 3.05) is 14.2 Å². The highest BCUT2D eigenvalue weighted by Gasteiger charge is 2.18.